The molecule has 0 heterocycles. The summed E-state index contributed by atoms with van der Waals surface area (Å²) in [5, 5.41) is 2.52. The normalized spacial score (nSPS) is 15.4. The van der Waals surface area contributed by atoms with Gasteiger partial charge in [0.25, 0.3) is 7.52 Å². The summed E-state index contributed by atoms with van der Waals surface area (Å²) in [4.78, 5) is 0. The zero-order valence-electron chi connectivity index (χ0n) is 13.1. The van der Waals surface area contributed by atoms with Gasteiger partial charge in [-0.15, -0.1) is 0 Å². The van der Waals surface area contributed by atoms with E-state index in [1.807, 2.05) is 0 Å². The van der Waals surface area contributed by atoms with Gasteiger partial charge in [-0.2, -0.15) is 13.2 Å². The fraction of sp³-hybridized carbons (Fsp3) is 0.250. The number of benzene rings is 2. The first-order valence-electron chi connectivity index (χ1n) is 7.01. The average Bonchev–Trinajstić information content (AvgIpc) is 2.53. The van der Waals surface area contributed by atoms with E-state index < -0.39 is 19.8 Å². The molecule has 8 heteroatoms. The number of methoxy groups -OCH3 is 1. The lowest BCUT2D eigenvalue weighted by molar-refractivity contribution is -0.197. The molecular weight excluding hydrogens is 342 g/mol. The van der Waals surface area contributed by atoms with Gasteiger partial charge in [0.15, 0.2) is 6.10 Å². The van der Waals surface area contributed by atoms with Crippen molar-refractivity contribution < 1.29 is 27.0 Å². The molecule has 0 spiro atoms. The Morgan fingerprint density at radius 1 is 1.04 bits per heavy atom. The number of nitrogens with one attached hydrogen (secondary N) is 1. The molecule has 2 aromatic carbocycles. The molecule has 0 bridgehead atoms. The van der Waals surface area contributed by atoms with Crippen LogP contribution in [0.1, 0.15) is 11.7 Å². The van der Waals surface area contributed by atoms with Crippen molar-refractivity contribution in [2.45, 2.75) is 12.3 Å². The van der Waals surface area contributed by atoms with Gasteiger partial charge in [-0.1, -0.05) is 30.3 Å². The van der Waals surface area contributed by atoms with Crippen LogP contribution in [0.25, 0.3) is 0 Å². The Hall–Kier alpha value is -1.98. The lowest BCUT2D eigenvalue weighted by atomic mass is 10.1. The molecule has 0 amide bonds. The quantitative estimate of drug-likeness (QED) is 0.716. The molecule has 4 nitrogen and oxygen atoms in total. The standard InChI is InChI=1S/C16H17F3NO3P/c1-22-14-10-8-13(9-11-14)20-24(2,21)23-15(16(17,18)19)12-6-4-3-5-7-12/h3-11,15H,1-2H3,(H,20,21)/t15-,24-/m1/s1. The van der Waals surface area contributed by atoms with Crippen molar-refractivity contribution in [2.75, 3.05) is 18.9 Å². The van der Waals surface area contributed by atoms with Gasteiger partial charge in [0, 0.05) is 12.4 Å². The molecule has 24 heavy (non-hydrogen) atoms. The van der Waals surface area contributed by atoms with Gasteiger partial charge >= 0.3 is 6.18 Å². The molecule has 0 aromatic heterocycles. The second-order valence-corrected chi connectivity index (χ2v) is 7.25. The number of ether oxygens (including phenoxy) is 1. The highest BCUT2D eigenvalue weighted by atomic mass is 31.2. The van der Waals surface area contributed by atoms with E-state index >= 15 is 0 Å². The molecular formula is C16H17F3NO3P. The van der Waals surface area contributed by atoms with Crippen LogP contribution < -0.4 is 9.82 Å². The van der Waals surface area contributed by atoms with Crippen molar-refractivity contribution in [1.82, 2.24) is 0 Å². The maximum atomic E-state index is 13.3. The Kier molecular flexibility index (Phi) is 5.57. The third-order valence-electron chi connectivity index (χ3n) is 3.13. The SMILES string of the molecule is COc1ccc(N[P@](C)(=O)O[C@H](c2ccccc2)C(F)(F)F)cc1. The molecule has 0 aliphatic heterocycles. The van der Waals surface area contributed by atoms with Gasteiger partial charge in [0.05, 0.1) is 7.11 Å². The van der Waals surface area contributed by atoms with Gasteiger partial charge in [-0.05, 0) is 29.8 Å². The Balaban J connectivity index is 2.19. The summed E-state index contributed by atoms with van der Waals surface area (Å²) in [5.41, 5.74) is 0.263. The van der Waals surface area contributed by atoms with Crippen molar-refractivity contribution in [3.63, 3.8) is 0 Å². The Morgan fingerprint density at radius 2 is 1.62 bits per heavy atom. The predicted molar refractivity (Wildman–Crippen MR) is 86.5 cm³/mol. The fourth-order valence-electron chi connectivity index (χ4n) is 2.06. The monoisotopic (exact) mass is 359 g/mol. The van der Waals surface area contributed by atoms with E-state index in [0.717, 1.165) is 6.66 Å². The van der Waals surface area contributed by atoms with E-state index in [4.69, 9.17) is 9.26 Å². The molecule has 0 aliphatic rings. The molecule has 0 radical (unpaired) electrons. The van der Waals surface area contributed by atoms with Gasteiger partial charge < -0.3 is 9.82 Å². The van der Waals surface area contributed by atoms with Gasteiger partial charge in [0.2, 0.25) is 0 Å². The van der Waals surface area contributed by atoms with Gasteiger partial charge in [-0.25, -0.2) is 0 Å². The summed E-state index contributed by atoms with van der Waals surface area (Å²) in [6, 6.07) is 13.4. The average molecular weight is 359 g/mol. The third kappa shape index (κ3) is 5.01. The fourth-order valence-corrected chi connectivity index (χ4v) is 3.38. The van der Waals surface area contributed by atoms with E-state index in [9.17, 15) is 17.7 Å². The molecule has 0 fully saturated rings. The zero-order chi connectivity index (χ0) is 17.8. The minimum atomic E-state index is -4.69. The van der Waals surface area contributed by atoms with Crippen LogP contribution in [0.2, 0.25) is 0 Å². The van der Waals surface area contributed by atoms with E-state index in [-0.39, 0.29) is 5.56 Å². The highest BCUT2D eigenvalue weighted by molar-refractivity contribution is 7.59. The summed E-state index contributed by atoms with van der Waals surface area (Å²) in [6.45, 7) is 1.11. The summed E-state index contributed by atoms with van der Waals surface area (Å²) in [6.07, 6.45) is -6.96. The van der Waals surface area contributed by atoms with Crippen LogP contribution in [0, 0.1) is 0 Å². The molecule has 2 rings (SSSR count). The summed E-state index contributed by atoms with van der Waals surface area (Å²) in [5.74, 6) is 0.574. The van der Waals surface area contributed by atoms with Crippen LogP contribution in [-0.2, 0) is 9.09 Å². The van der Waals surface area contributed by atoms with Gasteiger partial charge in [0.1, 0.15) is 5.75 Å². The zero-order valence-corrected chi connectivity index (χ0v) is 14.0. The summed E-state index contributed by atoms with van der Waals surface area (Å²) in [7, 11) is -2.28. The third-order valence-corrected chi connectivity index (χ3v) is 4.41. The van der Waals surface area contributed by atoms with E-state index in [1.165, 1.54) is 31.4 Å². The van der Waals surface area contributed by atoms with E-state index in [1.54, 1.807) is 30.3 Å². The number of halogens is 3. The second kappa shape index (κ2) is 7.28. The largest absolute Gasteiger partial charge is 0.497 e. The highest BCUT2D eigenvalue weighted by Gasteiger charge is 2.45. The number of hydrogen-bond acceptors (Lipinski definition) is 3. The lowest BCUT2D eigenvalue weighted by Gasteiger charge is -2.25. The van der Waals surface area contributed by atoms with Crippen LogP contribution in [0.3, 0.4) is 0 Å². The molecule has 130 valence electrons. The smallest absolute Gasteiger partial charge is 0.419 e. The first-order valence-corrected chi connectivity index (χ1v) is 9.08. The topological polar surface area (TPSA) is 47.6 Å². The van der Waals surface area contributed by atoms with Crippen LogP contribution in [-0.4, -0.2) is 20.0 Å². The van der Waals surface area contributed by atoms with Crippen molar-refractivity contribution in [2.24, 2.45) is 0 Å². The van der Waals surface area contributed by atoms with E-state index in [2.05, 4.69) is 5.09 Å². The van der Waals surface area contributed by atoms with E-state index in [0.29, 0.717) is 11.4 Å². The van der Waals surface area contributed by atoms with Crippen molar-refractivity contribution in [1.29, 1.82) is 0 Å². The summed E-state index contributed by atoms with van der Waals surface area (Å²) < 4.78 is 62.3. The van der Waals surface area contributed by atoms with Gasteiger partial charge in [-0.3, -0.25) is 9.09 Å². The van der Waals surface area contributed by atoms with Crippen LogP contribution in [0.4, 0.5) is 18.9 Å². The van der Waals surface area contributed by atoms with Crippen molar-refractivity contribution in [3.05, 3.63) is 60.2 Å². The van der Waals surface area contributed by atoms with Crippen LogP contribution in [0.15, 0.2) is 54.6 Å². The number of anilines is 1. The molecule has 2 aromatic rings. The molecule has 0 aliphatic carbocycles. The maximum Gasteiger partial charge on any atom is 0.419 e. The van der Waals surface area contributed by atoms with Crippen molar-refractivity contribution in [3.8, 4) is 5.75 Å². The Bertz CT molecular complexity index is 705. The van der Waals surface area contributed by atoms with Crippen LogP contribution in [0.5, 0.6) is 5.75 Å². The molecule has 0 saturated heterocycles. The highest BCUT2D eigenvalue weighted by Crippen LogP contribution is 2.51. The second-order valence-electron chi connectivity index (χ2n) is 5.12. The Morgan fingerprint density at radius 3 is 2.12 bits per heavy atom. The first kappa shape index (κ1) is 18.4. The van der Waals surface area contributed by atoms with Crippen molar-refractivity contribution >= 4 is 13.2 Å². The molecule has 0 unspecified atom stereocenters. The first-order chi connectivity index (χ1) is 11.2. The minimum absolute atomic E-state index is 0.108. The maximum absolute atomic E-state index is 13.3. The molecule has 2 atom stereocenters. The molecule has 1 N–H and O–H groups in total. The Labute approximate surface area is 138 Å². The molecule has 0 saturated carbocycles. The number of rotatable bonds is 6. The predicted octanol–water partition coefficient (Wildman–Crippen LogP) is 5.25. The minimum Gasteiger partial charge on any atom is -0.497 e. The number of alkyl halides is 3. The lowest BCUT2D eigenvalue weighted by Crippen LogP contribution is -2.23. The summed E-state index contributed by atoms with van der Waals surface area (Å²) >= 11 is 0. The number of hydrogen-bond donors (Lipinski definition) is 1. The van der Waals surface area contributed by atoms with Crippen LogP contribution >= 0.6 is 7.52 Å².